The zero-order valence-electron chi connectivity index (χ0n) is 10.7. The molecule has 94 valence electrons. The van der Waals surface area contributed by atoms with Crippen molar-refractivity contribution in [2.45, 2.75) is 13.3 Å². The van der Waals surface area contributed by atoms with E-state index in [0.717, 1.165) is 46.8 Å². The summed E-state index contributed by atoms with van der Waals surface area (Å²) in [5.41, 5.74) is 3.28. The molecular weight excluding hydrogens is 246 g/mol. The minimum Gasteiger partial charge on any atom is -0.456 e. The van der Waals surface area contributed by atoms with Gasteiger partial charge in [0.05, 0.1) is 0 Å². The molecule has 0 aliphatic carbocycles. The summed E-state index contributed by atoms with van der Waals surface area (Å²) in [5, 5.41) is 1.88. The van der Waals surface area contributed by atoms with Gasteiger partial charge in [-0.05, 0) is 49.7 Å². The predicted octanol–water partition coefficient (Wildman–Crippen LogP) is 4.11. The maximum absolute atomic E-state index is 6.14. The first-order valence-corrected chi connectivity index (χ1v) is 6.59. The molecule has 2 heterocycles. The summed E-state index contributed by atoms with van der Waals surface area (Å²) < 4.78 is 5.93. The molecular formula is C15H16ClNO. The highest BCUT2D eigenvalue weighted by molar-refractivity contribution is 6.32. The Kier molecular flexibility index (Phi) is 2.92. The van der Waals surface area contributed by atoms with E-state index in [9.17, 15) is 0 Å². The SMILES string of the molecule is Cc1cc2oc(C3=CCN(C)CC3)cc2cc1Cl. The third-order valence-corrected chi connectivity index (χ3v) is 3.93. The lowest BCUT2D eigenvalue weighted by Gasteiger charge is -2.20. The van der Waals surface area contributed by atoms with Crippen molar-refractivity contribution < 1.29 is 4.42 Å². The quantitative estimate of drug-likeness (QED) is 0.768. The topological polar surface area (TPSA) is 16.4 Å². The summed E-state index contributed by atoms with van der Waals surface area (Å²) in [5.74, 6) is 0.986. The van der Waals surface area contributed by atoms with E-state index < -0.39 is 0 Å². The van der Waals surface area contributed by atoms with Crippen molar-refractivity contribution in [2.24, 2.45) is 0 Å². The molecule has 0 saturated carbocycles. The van der Waals surface area contributed by atoms with Crippen molar-refractivity contribution in [3.63, 3.8) is 0 Å². The zero-order chi connectivity index (χ0) is 12.7. The number of halogens is 1. The van der Waals surface area contributed by atoms with Crippen LogP contribution in [0.3, 0.4) is 0 Å². The van der Waals surface area contributed by atoms with Gasteiger partial charge < -0.3 is 9.32 Å². The first-order chi connectivity index (χ1) is 8.63. The predicted molar refractivity (Wildman–Crippen MR) is 76.1 cm³/mol. The standard InChI is InChI=1S/C15H16ClNO/c1-10-7-14-12(8-13(10)16)9-15(18-14)11-3-5-17(2)6-4-11/h3,7-9H,4-6H2,1-2H3. The van der Waals surface area contributed by atoms with Crippen LogP contribution in [0.15, 0.2) is 28.7 Å². The first kappa shape index (κ1) is 11.8. The fourth-order valence-corrected chi connectivity index (χ4v) is 2.49. The summed E-state index contributed by atoms with van der Waals surface area (Å²) in [7, 11) is 2.13. The molecule has 18 heavy (non-hydrogen) atoms. The summed E-state index contributed by atoms with van der Waals surface area (Å²) in [6.45, 7) is 4.08. The van der Waals surface area contributed by atoms with Crippen LogP contribution >= 0.6 is 11.6 Å². The number of fused-ring (bicyclic) bond motifs is 1. The van der Waals surface area contributed by atoms with Crippen LogP contribution in [0.2, 0.25) is 5.02 Å². The maximum Gasteiger partial charge on any atom is 0.135 e. The monoisotopic (exact) mass is 261 g/mol. The van der Waals surface area contributed by atoms with Gasteiger partial charge in [0.1, 0.15) is 11.3 Å². The van der Waals surface area contributed by atoms with Gasteiger partial charge in [-0.3, -0.25) is 0 Å². The second-order valence-corrected chi connectivity index (χ2v) is 5.40. The molecule has 0 spiro atoms. The maximum atomic E-state index is 6.14. The third-order valence-electron chi connectivity index (χ3n) is 3.53. The van der Waals surface area contributed by atoms with E-state index in [2.05, 4.69) is 24.1 Å². The third kappa shape index (κ3) is 2.06. The van der Waals surface area contributed by atoms with E-state index in [0.29, 0.717) is 0 Å². The summed E-state index contributed by atoms with van der Waals surface area (Å²) in [6.07, 6.45) is 3.29. The number of rotatable bonds is 1. The number of hydrogen-bond acceptors (Lipinski definition) is 2. The number of benzene rings is 1. The van der Waals surface area contributed by atoms with Gasteiger partial charge in [-0.25, -0.2) is 0 Å². The second-order valence-electron chi connectivity index (χ2n) is 4.99. The highest BCUT2D eigenvalue weighted by Gasteiger charge is 2.14. The van der Waals surface area contributed by atoms with Crippen molar-refractivity contribution >= 4 is 28.1 Å². The lowest BCUT2D eigenvalue weighted by Crippen LogP contribution is -2.23. The summed E-state index contributed by atoms with van der Waals surface area (Å²) >= 11 is 6.14. The highest BCUT2D eigenvalue weighted by Crippen LogP contribution is 2.31. The minimum absolute atomic E-state index is 0.798. The Morgan fingerprint density at radius 3 is 2.83 bits per heavy atom. The largest absolute Gasteiger partial charge is 0.456 e. The molecule has 2 nitrogen and oxygen atoms in total. The highest BCUT2D eigenvalue weighted by atomic mass is 35.5. The molecule has 1 aliphatic heterocycles. The van der Waals surface area contributed by atoms with Gasteiger partial charge in [0, 0.05) is 23.5 Å². The van der Waals surface area contributed by atoms with Gasteiger partial charge in [-0.15, -0.1) is 0 Å². The Balaban J connectivity index is 2.03. The lowest BCUT2D eigenvalue weighted by atomic mass is 10.1. The Hall–Kier alpha value is -1.25. The molecule has 0 saturated heterocycles. The van der Waals surface area contributed by atoms with Crippen molar-refractivity contribution in [1.29, 1.82) is 0 Å². The van der Waals surface area contributed by atoms with Crippen LogP contribution < -0.4 is 0 Å². The van der Waals surface area contributed by atoms with Gasteiger partial charge >= 0.3 is 0 Å². The van der Waals surface area contributed by atoms with E-state index in [1.807, 2.05) is 19.1 Å². The summed E-state index contributed by atoms with van der Waals surface area (Å²) in [4.78, 5) is 2.30. The number of likely N-dealkylation sites (N-methyl/N-ethyl adjacent to an activating group) is 1. The number of hydrogen-bond donors (Lipinski definition) is 0. The molecule has 0 N–H and O–H groups in total. The molecule has 0 atom stereocenters. The smallest absolute Gasteiger partial charge is 0.135 e. The molecule has 0 bridgehead atoms. The first-order valence-electron chi connectivity index (χ1n) is 6.21. The van der Waals surface area contributed by atoms with Gasteiger partial charge in [0.25, 0.3) is 0 Å². The molecule has 1 aromatic heterocycles. The molecule has 1 aromatic carbocycles. The molecule has 3 rings (SSSR count). The average Bonchev–Trinajstić information content (AvgIpc) is 2.73. The molecule has 3 heteroatoms. The molecule has 1 aliphatic rings. The van der Waals surface area contributed by atoms with Gasteiger partial charge in [-0.1, -0.05) is 17.7 Å². The van der Waals surface area contributed by atoms with E-state index in [-0.39, 0.29) is 0 Å². The van der Waals surface area contributed by atoms with Crippen LogP contribution in [0.5, 0.6) is 0 Å². The van der Waals surface area contributed by atoms with Crippen LogP contribution in [0.25, 0.3) is 16.5 Å². The average molecular weight is 262 g/mol. The lowest BCUT2D eigenvalue weighted by molar-refractivity contribution is 0.368. The van der Waals surface area contributed by atoms with Gasteiger partial charge in [0.15, 0.2) is 0 Å². The molecule has 0 unspecified atom stereocenters. The van der Waals surface area contributed by atoms with Crippen LogP contribution in [0.1, 0.15) is 17.7 Å². The van der Waals surface area contributed by atoms with Crippen molar-refractivity contribution in [3.05, 3.63) is 40.6 Å². The molecule has 2 aromatic rings. The second kappa shape index (κ2) is 4.45. The van der Waals surface area contributed by atoms with Crippen molar-refractivity contribution in [3.8, 4) is 0 Å². The van der Waals surface area contributed by atoms with Gasteiger partial charge in [-0.2, -0.15) is 0 Å². The Morgan fingerprint density at radius 1 is 1.28 bits per heavy atom. The van der Waals surface area contributed by atoms with Crippen molar-refractivity contribution in [1.82, 2.24) is 4.90 Å². The van der Waals surface area contributed by atoms with E-state index in [1.54, 1.807) is 0 Å². The number of furan rings is 1. The number of nitrogens with zero attached hydrogens (tertiary/aromatic N) is 1. The van der Waals surface area contributed by atoms with Crippen LogP contribution in [-0.4, -0.2) is 25.0 Å². The normalized spacial score (nSPS) is 17.2. The van der Waals surface area contributed by atoms with Crippen LogP contribution in [0.4, 0.5) is 0 Å². The number of aryl methyl sites for hydroxylation is 1. The van der Waals surface area contributed by atoms with Crippen molar-refractivity contribution in [2.75, 3.05) is 20.1 Å². The Morgan fingerprint density at radius 2 is 2.11 bits per heavy atom. The van der Waals surface area contributed by atoms with E-state index in [1.165, 1.54) is 5.57 Å². The fraction of sp³-hybridized carbons (Fsp3) is 0.333. The van der Waals surface area contributed by atoms with Crippen LogP contribution in [-0.2, 0) is 0 Å². The van der Waals surface area contributed by atoms with E-state index >= 15 is 0 Å². The molecule has 0 amide bonds. The fourth-order valence-electron chi connectivity index (χ4n) is 2.31. The summed E-state index contributed by atoms with van der Waals surface area (Å²) in [6, 6.07) is 6.09. The van der Waals surface area contributed by atoms with E-state index in [4.69, 9.17) is 16.0 Å². The molecule has 0 fully saturated rings. The van der Waals surface area contributed by atoms with Gasteiger partial charge in [0.2, 0.25) is 0 Å². The zero-order valence-corrected chi connectivity index (χ0v) is 11.4. The minimum atomic E-state index is 0.798. The molecule has 0 radical (unpaired) electrons. The Bertz CT molecular complexity index is 588. The van der Waals surface area contributed by atoms with Crippen LogP contribution in [0, 0.1) is 6.92 Å². The Labute approximate surface area is 112 Å².